The molecule has 4 nitrogen and oxygen atoms in total. The van der Waals surface area contributed by atoms with Gasteiger partial charge in [-0.15, -0.1) is 0 Å². The number of rotatable bonds is 4. The van der Waals surface area contributed by atoms with Crippen molar-refractivity contribution < 1.29 is 0 Å². The molecule has 0 aromatic heterocycles. The molecule has 0 amide bonds. The fraction of sp³-hybridized carbons (Fsp3) is 0.562. The van der Waals surface area contributed by atoms with Crippen LogP contribution in [0, 0.1) is 12.3 Å². The first kappa shape index (κ1) is 14.9. The van der Waals surface area contributed by atoms with Gasteiger partial charge in [0.1, 0.15) is 5.84 Å². The summed E-state index contributed by atoms with van der Waals surface area (Å²) in [6, 6.07) is 6.67. The lowest BCUT2D eigenvalue weighted by Gasteiger charge is -2.38. The zero-order valence-corrected chi connectivity index (χ0v) is 12.8. The Balaban J connectivity index is 2.18. The van der Waals surface area contributed by atoms with Crippen LogP contribution in [0.2, 0.25) is 0 Å². The van der Waals surface area contributed by atoms with E-state index in [4.69, 9.17) is 11.1 Å². The first-order valence-electron chi connectivity index (χ1n) is 7.43. The molecule has 0 atom stereocenters. The molecule has 3 N–H and O–H groups in total. The van der Waals surface area contributed by atoms with Gasteiger partial charge >= 0.3 is 0 Å². The Labute approximate surface area is 122 Å². The molecule has 1 fully saturated rings. The van der Waals surface area contributed by atoms with Crippen molar-refractivity contribution in [1.29, 1.82) is 5.41 Å². The molecule has 0 bridgehead atoms. The van der Waals surface area contributed by atoms with Gasteiger partial charge in [0.05, 0.1) is 0 Å². The summed E-state index contributed by atoms with van der Waals surface area (Å²) in [7, 11) is 2.13. The van der Waals surface area contributed by atoms with Gasteiger partial charge in [0.2, 0.25) is 0 Å². The average Bonchev–Trinajstić information content (AvgIpc) is 2.46. The average molecular weight is 274 g/mol. The summed E-state index contributed by atoms with van der Waals surface area (Å²) in [6.07, 6.45) is 2.35. The van der Waals surface area contributed by atoms with Crippen LogP contribution in [-0.2, 0) is 0 Å². The molecule has 20 heavy (non-hydrogen) atoms. The maximum absolute atomic E-state index is 7.76. The van der Waals surface area contributed by atoms with Crippen LogP contribution in [0.3, 0.4) is 0 Å². The molecule has 1 heterocycles. The van der Waals surface area contributed by atoms with Crippen molar-refractivity contribution in [3.05, 3.63) is 29.3 Å². The lowest BCUT2D eigenvalue weighted by Crippen LogP contribution is -2.43. The number of nitrogens with zero attached hydrogens (tertiary/aromatic N) is 2. The molecule has 4 heteroatoms. The molecule has 0 aliphatic carbocycles. The highest BCUT2D eigenvalue weighted by molar-refractivity contribution is 6.00. The Morgan fingerprint density at radius 1 is 1.40 bits per heavy atom. The molecule has 0 radical (unpaired) electrons. The van der Waals surface area contributed by atoms with E-state index in [1.54, 1.807) is 0 Å². The predicted octanol–water partition coefficient (Wildman–Crippen LogP) is 2.20. The number of anilines is 1. The number of nitrogens with two attached hydrogens (primary N) is 1. The third-order valence-electron chi connectivity index (χ3n) is 4.38. The number of nitrogens with one attached hydrogen (secondary N) is 1. The summed E-state index contributed by atoms with van der Waals surface area (Å²) in [5.41, 5.74) is 8.87. The Morgan fingerprint density at radius 2 is 2.05 bits per heavy atom. The first-order chi connectivity index (χ1) is 9.52. The van der Waals surface area contributed by atoms with Crippen LogP contribution in [0.15, 0.2) is 18.2 Å². The molecule has 1 aliphatic rings. The van der Waals surface area contributed by atoms with Crippen LogP contribution < -0.4 is 10.6 Å². The molecule has 1 saturated heterocycles. The Hall–Kier alpha value is -1.55. The van der Waals surface area contributed by atoms with Crippen molar-refractivity contribution >= 4 is 11.5 Å². The number of nitrogen functional groups attached to an aromatic ring is 1. The third-order valence-corrected chi connectivity index (χ3v) is 4.38. The fourth-order valence-corrected chi connectivity index (χ4v) is 2.98. The second-order valence-electron chi connectivity index (χ2n) is 5.71. The summed E-state index contributed by atoms with van der Waals surface area (Å²) in [6.45, 7) is 7.76. The quantitative estimate of drug-likeness (QED) is 0.654. The highest BCUT2D eigenvalue weighted by atomic mass is 15.2. The Morgan fingerprint density at radius 3 is 2.60 bits per heavy atom. The van der Waals surface area contributed by atoms with Crippen molar-refractivity contribution in [3.63, 3.8) is 0 Å². The lowest BCUT2D eigenvalue weighted by atomic mass is 10.0. The predicted molar refractivity (Wildman–Crippen MR) is 85.7 cm³/mol. The zero-order valence-electron chi connectivity index (χ0n) is 12.8. The fourth-order valence-electron chi connectivity index (χ4n) is 2.98. The number of likely N-dealkylation sites (tertiary alicyclic amines) is 1. The molecule has 0 spiro atoms. The van der Waals surface area contributed by atoms with E-state index < -0.39 is 0 Å². The van der Waals surface area contributed by atoms with Crippen LogP contribution in [0.25, 0.3) is 0 Å². The van der Waals surface area contributed by atoms with E-state index in [1.165, 1.54) is 18.4 Å². The largest absolute Gasteiger partial charge is 0.384 e. The third kappa shape index (κ3) is 3.12. The molecule has 1 aromatic rings. The summed E-state index contributed by atoms with van der Waals surface area (Å²) >= 11 is 0. The van der Waals surface area contributed by atoms with E-state index in [0.29, 0.717) is 6.04 Å². The van der Waals surface area contributed by atoms with Crippen molar-refractivity contribution in [1.82, 2.24) is 4.90 Å². The molecular formula is C16H26N4. The van der Waals surface area contributed by atoms with Crippen LogP contribution >= 0.6 is 0 Å². The molecule has 110 valence electrons. The molecule has 1 aromatic carbocycles. The number of hydrogen-bond acceptors (Lipinski definition) is 3. The Kier molecular flexibility index (Phi) is 4.65. The molecule has 2 rings (SSSR count). The van der Waals surface area contributed by atoms with Gasteiger partial charge in [-0.1, -0.05) is 13.0 Å². The number of aryl methyl sites for hydroxylation is 1. The molecular weight excluding hydrogens is 248 g/mol. The smallest absolute Gasteiger partial charge is 0.124 e. The highest BCUT2D eigenvalue weighted by Crippen LogP contribution is 2.26. The summed E-state index contributed by atoms with van der Waals surface area (Å²) in [4.78, 5) is 4.81. The van der Waals surface area contributed by atoms with Crippen LogP contribution in [0.4, 0.5) is 5.69 Å². The Bertz CT molecular complexity index is 475. The number of piperidine rings is 1. The van der Waals surface area contributed by atoms with Gasteiger partial charge in [-0.3, -0.25) is 5.41 Å². The maximum atomic E-state index is 7.76. The van der Waals surface area contributed by atoms with Gasteiger partial charge in [0.25, 0.3) is 0 Å². The van der Waals surface area contributed by atoms with E-state index in [2.05, 4.69) is 36.8 Å². The van der Waals surface area contributed by atoms with Crippen molar-refractivity contribution in [2.24, 2.45) is 5.73 Å². The molecule has 0 saturated carbocycles. The second kappa shape index (κ2) is 6.27. The maximum Gasteiger partial charge on any atom is 0.124 e. The van der Waals surface area contributed by atoms with Crippen molar-refractivity contribution in [2.45, 2.75) is 32.7 Å². The minimum atomic E-state index is 0.151. The van der Waals surface area contributed by atoms with E-state index >= 15 is 0 Å². The van der Waals surface area contributed by atoms with E-state index in [1.807, 2.05) is 12.1 Å². The summed E-state index contributed by atoms with van der Waals surface area (Å²) < 4.78 is 0. The lowest BCUT2D eigenvalue weighted by molar-refractivity contribution is 0.221. The zero-order chi connectivity index (χ0) is 14.7. The number of amidine groups is 1. The van der Waals surface area contributed by atoms with Crippen LogP contribution in [0.1, 0.15) is 30.9 Å². The van der Waals surface area contributed by atoms with Crippen LogP contribution in [0.5, 0.6) is 0 Å². The summed E-state index contributed by atoms with van der Waals surface area (Å²) in [5, 5.41) is 7.76. The topological polar surface area (TPSA) is 56.4 Å². The number of benzene rings is 1. The minimum Gasteiger partial charge on any atom is -0.384 e. The van der Waals surface area contributed by atoms with Crippen LogP contribution in [-0.4, -0.2) is 43.5 Å². The normalized spacial score (nSPS) is 17.1. The minimum absolute atomic E-state index is 0.151. The molecule has 0 unspecified atom stereocenters. The van der Waals surface area contributed by atoms with Gasteiger partial charge in [-0.2, -0.15) is 0 Å². The van der Waals surface area contributed by atoms with E-state index in [-0.39, 0.29) is 5.84 Å². The standard InChI is InChI=1S/C16H26N4/c1-4-20-9-7-13(8-10-20)19(3)15-11-12(2)5-6-14(15)16(17)18/h5-6,11,13H,4,7-10H2,1-3H3,(H3,17,18). The van der Waals surface area contributed by atoms with E-state index in [0.717, 1.165) is 30.9 Å². The monoisotopic (exact) mass is 274 g/mol. The number of hydrogen-bond donors (Lipinski definition) is 2. The van der Waals surface area contributed by atoms with Gasteiger partial charge in [-0.05, 0) is 44.0 Å². The van der Waals surface area contributed by atoms with Gasteiger partial charge < -0.3 is 15.5 Å². The highest BCUT2D eigenvalue weighted by Gasteiger charge is 2.23. The van der Waals surface area contributed by atoms with E-state index in [9.17, 15) is 0 Å². The van der Waals surface area contributed by atoms with Gasteiger partial charge in [0, 0.05) is 37.4 Å². The second-order valence-corrected chi connectivity index (χ2v) is 5.71. The first-order valence-corrected chi connectivity index (χ1v) is 7.43. The SMILES string of the molecule is CCN1CCC(N(C)c2cc(C)ccc2C(=N)N)CC1. The van der Waals surface area contributed by atoms with Gasteiger partial charge in [0.15, 0.2) is 0 Å². The summed E-state index contributed by atoms with van der Waals surface area (Å²) in [5.74, 6) is 0.151. The van der Waals surface area contributed by atoms with Crippen molar-refractivity contribution in [3.8, 4) is 0 Å². The molecule has 1 aliphatic heterocycles. The van der Waals surface area contributed by atoms with Gasteiger partial charge in [-0.25, -0.2) is 0 Å². The van der Waals surface area contributed by atoms with Crippen molar-refractivity contribution in [2.75, 3.05) is 31.6 Å².